The Morgan fingerprint density at radius 2 is 0.497 bits per heavy atom. The molecule has 856 valence electrons. The normalized spacial score (nSPS) is 27.9. The van der Waals surface area contributed by atoms with E-state index in [1.807, 2.05) is 55.4 Å². The zero-order chi connectivity index (χ0) is 111. The molecule has 11 rings (SSSR count). The highest BCUT2D eigenvalue weighted by molar-refractivity contribution is 7.90. The van der Waals surface area contributed by atoms with Crippen molar-refractivity contribution in [1.82, 2.24) is 53.2 Å². The molecule has 11 fully saturated rings. The highest BCUT2D eigenvalue weighted by Gasteiger charge is 2.41. The van der Waals surface area contributed by atoms with Gasteiger partial charge in [-0.25, -0.2) is 27.6 Å². The van der Waals surface area contributed by atoms with Crippen LogP contribution in [-0.4, -0.2) is 149 Å². The van der Waals surface area contributed by atoms with Gasteiger partial charge in [0, 0.05) is 86.6 Å². The molecule has 0 heterocycles. The average molecular weight is 2070 g/mol. The number of ether oxygens (including phenoxy) is 2. The van der Waals surface area contributed by atoms with Crippen molar-refractivity contribution < 1.29 is 46.7 Å². The van der Waals surface area contributed by atoms with Gasteiger partial charge < -0.3 is 68.4 Å². The second-order valence-corrected chi connectivity index (χ2v) is 64.3. The monoisotopic (exact) mass is 2070 g/mol. The van der Waals surface area contributed by atoms with Gasteiger partial charge in [0.2, 0.25) is 11.8 Å². The SMILES string of the molecule is CC(=O)NC1CC(CC(C)(C)C)C1.CC(C)(C)CC1CC(CS(C)(=O)=O)C1.CC(C)(C)CC1CC(N)C1.CC(C)(C)CC1CC(NC(=O)OC(C)(C)C)C1.CC(C)(C)CC1CC(NC(=O)OC(C)(C)C)C1.CC(C)(C)CC1CCC(NC(=O)C2CCC2)CC1.CCNC(=O)NC1CC(CC(C)(C)C)C1.CCNC(=O)NC1CC(CC(C)(C)C)C1.CNC1CCC(CC(C)(C)C)CC1.CNC1CCC(CC(C)(C)C)CC1. The van der Waals surface area contributed by atoms with E-state index in [0.717, 1.165) is 148 Å². The Balaban J connectivity index is 0.000000546. The van der Waals surface area contributed by atoms with Gasteiger partial charge in [0.05, 0.1) is 5.75 Å². The van der Waals surface area contributed by atoms with Crippen LogP contribution in [0.1, 0.15) is 520 Å². The molecule has 21 nitrogen and oxygen atoms in total. The minimum Gasteiger partial charge on any atom is -0.444 e. The number of nitrogens with two attached hydrogens (primary N) is 1. The topological polar surface area (TPSA) is 301 Å². The summed E-state index contributed by atoms with van der Waals surface area (Å²) in [5.41, 5.74) is 9.33. The van der Waals surface area contributed by atoms with Crippen LogP contribution < -0.4 is 58.9 Å². The third-order valence-corrected chi connectivity index (χ3v) is 30.8. The highest BCUT2D eigenvalue weighted by atomic mass is 32.2. The summed E-state index contributed by atoms with van der Waals surface area (Å²) in [5, 5.41) is 30.3. The van der Waals surface area contributed by atoms with Crippen LogP contribution in [0.5, 0.6) is 0 Å². The maximum absolute atomic E-state index is 11.9. The Morgan fingerprint density at radius 3 is 0.697 bits per heavy atom. The Labute approximate surface area is 896 Å². The third-order valence-electron chi connectivity index (χ3n) is 29.7. The molecule has 0 aromatic heterocycles. The first-order chi connectivity index (χ1) is 65.9. The standard InChI is InChI=1S/C16H29NO.2C14H27NO2.2C12H24N2O.2C12H25N.C11H21NO.C11H22O2S.C9H19N/c1-16(2,3)11-12-7-9-14(10-8-12)17-15(18)13-5-4-6-13;2*1-13(2,3)9-10-7-11(8-10)15-12(16)17-14(4,5)6;2*1-5-13-11(15)14-10-6-9(7-10)8-12(2,3)4;2*1-12(2,3)9-10-5-7-11(13-4)8-6-10;1-8(13)12-10-5-9(6-10)7-11(2,3)4;1-11(2,3)7-9-5-10(6-9)8-14(4,12)13;1-9(2,3)6-7-4-8(10)5-7/h12-14H,4-11H2,1-3H3,(H,17,18);2*10-11H,7-9H2,1-6H3,(H,15,16);2*9-10H,5-8H2,1-4H3,(H2,13,14,15);2*10-11,13H,5-9H2,1-4H3;9-10H,5-7H2,1-4H3,(H,12,13);9-10H,5-8H2,1-4H3;7-8H,4-6,10H2,1-3H3. The molecule has 0 aliphatic heterocycles. The number of amides is 8. The van der Waals surface area contributed by atoms with Crippen molar-refractivity contribution in [3.05, 3.63) is 0 Å². The van der Waals surface area contributed by atoms with E-state index in [1.165, 1.54) is 180 Å². The summed E-state index contributed by atoms with van der Waals surface area (Å²) in [6, 6.07) is 4.47. The van der Waals surface area contributed by atoms with Gasteiger partial charge in [-0.05, 0) is 433 Å². The lowest BCUT2D eigenvalue weighted by Crippen LogP contribution is -2.48. The molecule has 0 aromatic rings. The van der Waals surface area contributed by atoms with Crippen molar-refractivity contribution in [2.45, 2.75) is 586 Å². The second kappa shape index (κ2) is 61.8. The molecule has 11 aliphatic rings. The smallest absolute Gasteiger partial charge is 0.407 e. The predicted molar refractivity (Wildman–Crippen MR) is 618 cm³/mol. The summed E-state index contributed by atoms with van der Waals surface area (Å²) in [4.78, 5) is 68.1. The molecule has 145 heavy (non-hydrogen) atoms. The zero-order valence-corrected chi connectivity index (χ0v) is 104. The number of nitrogens with one attached hydrogen (secondary N) is 10. The van der Waals surface area contributed by atoms with Crippen molar-refractivity contribution in [3.63, 3.8) is 0 Å². The Morgan fingerprint density at radius 1 is 0.276 bits per heavy atom. The summed E-state index contributed by atoms with van der Waals surface area (Å²) < 4.78 is 32.5. The first-order valence-corrected chi connectivity index (χ1v) is 60.9. The van der Waals surface area contributed by atoms with E-state index < -0.39 is 21.0 Å². The fourth-order valence-corrected chi connectivity index (χ4v) is 25.3. The maximum atomic E-state index is 11.9. The number of hydrogen-bond acceptors (Lipinski definition) is 13. The van der Waals surface area contributed by atoms with Crippen molar-refractivity contribution in [3.8, 4) is 0 Å². The largest absolute Gasteiger partial charge is 0.444 e. The molecule has 0 spiro atoms. The number of urea groups is 2. The molecule has 8 amide bonds. The molecule has 11 aliphatic carbocycles. The van der Waals surface area contributed by atoms with Crippen LogP contribution in [-0.2, 0) is 28.9 Å². The Hall–Kier alpha value is -4.15. The van der Waals surface area contributed by atoms with E-state index in [4.69, 9.17) is 15.2 Å². The van der Waals surface area contributed by atoms with Crippen LogP contribution in [0, 0.1) is 125 Å². The summed E-state index contributed by atoms with van der Waals surface area (Å²) in [6.45, 7) is 87.0. The third kappa shape index (κ3) is 73.0. The number of alkyl carbamates (subject to hydrolysis) is 2. The minimum absolute atomic E-state index is 0.0169. The molecule has 0 aromatic carbocycles. The first-order valence-electron chi connectivity index (χ1n) is 58.8. The van der Waals surface area contributed by atoms with Gasteiger partial charge in [-0.3, -0.25) is 9.59 Å². The molecule has 0 radical (unpaired) electrons. The van der Waals surface area contributed by atoms with Crippen LogP contribution >= 0.6 is 0 Å². The number of sulfone groups is 1. The number of carbonyl (C=O) groups excluding carboxylic acids is 6. The number of rotatable bonds is 23. The molecular weight excluding hydrogens is 1820 g/mol. The van der Waals surface area contributed by atoms with Crippen molar-refractivity contribution in [2.75, 3.05) is 39.2 Å². The molecule has 12 N–H and O–H groups in total. The lowest BCUT2D eigenvalue weighted by atomic mass is 9.69. The Bertz CT molecular complexity index is 3540. The van der Waals surface area contributed by atoms with Crippen LogP contribution in [0.15, 0.2) is 0 Å². The van der Waals surface area contributed by atoms with Gasteiger partial charge in [-0.2, -0.15) is 0 Å². The van der Waals surface area contributed by atoms with Crippen LogP contribution in [0.2, 0.25) is 0 Å². The fraction of sp³-hybridized carbons (Fsp3) is 0.951. The summed E-state index contributed by atoms with van der Waals surface area (Å²) in [5.74, 6) is 10.1. The van der Waals surface area contributed by atoms with Gasteiger partial charge in [0.1, 0.15) is 21.0 Å². The second-order valence-electron chi connectivity index (χ2n) is 62.1. The van der Waals surface area contributed by atoms with E-state index >= 15 is 0 Å². The Kier molecular flexibility index (Phi) is 58.4. The maximum Gasteiger partial charge on any atom is 0.407 e. The van der Waals surface area contributed by atoms with Crippen molar-refractivity contribution >= 4 is 45.9 Å². The number of hydrogen-bond donors (Lipinski definition) is 11. The highest BCUT2D eigenvalue weighted by Crippen LogP contribution is 2.46. The summed E-state index contributed by atoms with van der Waals surface area (Å²) in [7, 11) is 1.43. The average Bonchev–Trinajstić information content (AvgIpc) is 0.850. The molecule has 0 unspecified atom stereocenters. The van der Waals surface area contributed by atoms with E-state index in [-0.39, 0.29) is 30.2 Å². The van der Waals surface area contributed by atoms with Crippen LogP contribution in [0.4, 0.5) is 19.2 Å². The molecule has 0 atom stereocenters. The van der Waals surface area contributed by atoms with E-state index in [1.54, 1.807) is 6.92 Å². The van der Waals surface area contributed by atoms with Gasteiger partial charge in [-0.15, -0.1) is 0 Å². The van der Waals surface area contributed by atoms with E-state index in [2.05, 4.69) is 275 Å². The lowest BCUT2D eigenvalue weighted by molar-refractivity contribution is -0.128. The molecule has 0 saturated heterocycles. The summed E-state index contributed by atoms with van der Waals surface area (Å²) >= 11 is 0. The quantitative estimate of drug-likeness (QED) is 0.0454. The lowest BCUT2D eigenvalue weighted by Gasteiger charge is -2.39. The fourth-order valence-electron chi connectivity index (χ4n) is 24.2. The molecule has 11 saturated carbocycles. The molecule has 22 heteroatoms. The van der Waals surface area contributed by atoms with Crippen molar-refractivity contribution in [1.29, 1.82) is 0 Å². The van der Waals surface area contributed by atoms with Gasteiger partial charge in [0.15, 0.2) is 0 Å². The van der Waals surface area contributed by atoms with E-state index in [9.17, 15) is 37.2 Å². The predicted octanol–water partition coefficient (Wildman–Crippen LogP) is 29.8. The van der Waals surface area contributed by atoms with Gasteiger partial charge >= 0.3 is 24.2 Å². The van der Waals surface area contributed by atoms with E-state index in [0.29, 0.717) is 133 Å². The first kappa shape index (κ1) is 137. The minimum atomic E-state index is -2.75. The molecule has 0 bridgehead atoms. The zero-order valence-electron chi connectivity index (χ0n) is 103. The van der Waals surface area contributed by atoms with Crippen LogP contribution in [0.3, 0.4) is 0 Å². The molecular formula is C123H243N11O10S. The summed E-state index contributed by atoms with van der Waals surface area (Å²) in [6.07, 6.45) is 49.6. The van der Waals surface area contributed by atoms with Crippen molar-refractivity contribution in [2.24, 2.45) is 131 Å². The van der Waals surface area contributed by atoms with Crippen LogP contribution in [0.25, 0.3) is 0 Å². The van der Waals surface area contributed by atoms with Gasteiger partial charge in [-0.1, -0.05) is 214 Å². The number of carbonyl (C=O) groups is 6. The van der Waals surface area contributed by atoms with Gasteiger partial charge in [0.25, 0.3) is 0 Å².